The molecule has 0 radical (unpaired) electrons. The maximum Gasteiger partial charge on any atom is 0.139 e. The first kappa shape index (κ1) is 13.6. The molecule has 0 bridgehead atoms. The second kappa shape index (κ2) is 5.45. The van der Waals surface area contributed by atoms with Gasteiger partial charge in [0, 0.05) is 10.0 Å². The van der Waals surface area contributed by atoms with Crippen LogP contribution < -0.4 is 5.32 Å². The van der Waals surface area contributed by atoms with Gasteiger partial charge in [-0.1, -0.05) is 21.1 Å². The Hall–Kier alpha value is -1.80. The van der Waals surface area contributed by atoms with Crippen LogP contribution in [0.4, 0.5) is 5.69 Å². The maximum absolute atomic E-state index is 9.13. The molecule has 0 amide bonds. The van der Waals surface area contributed by atoms with E-state index in [0.717, 1.165) is 27.2 Å². The molecule has 5 heteroatoms. The third-order valence-corrected chi connectivity index (χ3v) is 3.49. The van der Waals surface area contributed by atoms with Gasteiger partial charge in [-0.15, -0.1) is 0 Å². The summed E-state index contributed by atoms with van der Waals surface area (Å²) in [6.07, 6.45) is 0. The number of nitrogens with one attached hydrogen (secondary N) is 1. The van der Waals surface area contributed by atoms with E-state index >= 15 is 0 Å². The molecule has 1 unspecified atom stereocenters. The van der Waals surface area contributed by atoms with E-state index in [2.05, 4.69) is 32.5 Å². The molecule has 1 aromatic heterocycles. The van der Waals surface area contributed by atoms with Gasteiger partial charge >= 0.3 is 0 Å². The molecule has 0 spiro atoms. The molecule has 19 heavy (non-hydrogen) atoms. The van der Waals surface area contributed by atoms with Gasteiger partial charge in [-0.25, -0.2) is 0 Å². The molecule has 0 saturated heterocycles. The molecule has 0 aliphatic heterocycles. The number of aryl methyl sites for hydroxylation is 2. The van der Waals surface area contributed by atoms with Crippen LogP contribution in [0.15, 0.2) is 27.2 Å². The molecule has 0 aliphatic rings. The lowest BCUT2D eigenvalue weighted by atomic mass is 10.1. The van der Waals surface area contributed by atoms with Gasteiger partial charge in [0.15, 0.2) is 0 Å². The molecule has 1 N–H and O–H groups in total. The fourth-order valence-electron chi connectivity index (χ4n) is 2.15. The third-order valence-electron chi connectivity index (χ3n) is 3.00. The van der Waals surface area contributed by atoms with Gasteiger partial charge in [0.2, 0.25) is 0 Å². The highest BCUT2D eigenvalue weighted by Crippen LogP contribution is 2.28. The van der Waals surface area contributed by atoms with Crippen LogP contribution >= 0.6 is 15.9 Å². The zero-order chi connectivity index (χ0) is 14.0. The Labute approximate surface area is 120 Å². The summed E-state index contributed by atoms with van der Waals surface area (Å²) in [6.45, 7) is 5.82. The van der Waals surface area contributed by atoms with Crippen molar-refractivity contribution in [2.24, 2.45) is 0 Å². The first-order valence-electron chi connectivity index (χ1n) is 5.92. The van der Waals surface area contributed by atoms with Crippen molar-refractivity contribution in [3.8, 4) is 6.07 Å². The van der Waals surface area contributed by atoms with Crippen molar-refractivity contribution in [1.82, 2.24) is 5.16 Å². The first-order chi connectivity index (χ1) is 9.02. The van der Waals surface area contributed by atoms with E-state index in [0.29, 0.717) is 5.56 Å². The van der Waals surface area contributed by atoms with E-state index in [-0.39, 0.29) is 6.04 Å². The topological polar surface area (TPSA) is 61.9 Å². The van der Waals surface area contributed by atoms with E-state index in [1.807, 2.05) is 32.9 Å². The monoisotopic (exact) mass is 319 g/mol. The van der Waals surface area contributed by atoms with Crippen molar-refractivity contribution < 1.29 is 4.52 Å². The minimum atomic E-state index is 0.0210. The van der Waals surface area contributed by atoms with Crippen LogP contribution in [0.1, 0.15) is 35.5 Å². The number of nitrogens with zero attached hydrogens (tertiary/aromatic N) is 2. The van der Waals surface area contributed by atoms with Crippen LogP contribution in [-0.4, -0.2) is 5.16 Å². The smallest absolute Gasteiger partial charge is 0.139 e. The second-order valence-corrected chi connectivity index (χ2v) is 5.32. The second-order valence-electron chi connectivity index (χ2n) is 4.41. The van der Waals surface area contributed by atoms with E-state index < -0.39 is 0 Å². The number of benzene rings is 1. The Kier molecular flexibility index (Phi) is 3.91. The average molecular weight is 320 g/mol. The SMILES string of the molecule is Cc1noc(C)c1C(C)Nc1cc(Br)ccc1C#N. The van der Waals surface area contributed by atoms with Crippen LogP contribution in [0.2, 0.25) is 0 Å². The van der Waals surface area contributed by atoms with Crippen molar-refractivity contribution in [2.75, 3.05) is 5.32 Å². The number of hydrogen-bond acceptors (Lipinski definition) is 4. The average Bonchev–Trinajstić information content (AvgIpc) is 2.69. The molecule has 2 aromatic rings. The van der Waals surface area contributed by atoms with Gasteiger partial charge in [-0.05, 0) is 39.0 Å². The molecule has 4 nitrogen and oxygen atoms in total. The molecule has 2 rings (SSSR count). The number of nitriles is 1. The highest BCUT2D eigenvalue weighted by atomic mass is 79.9. The number of halogens is 1. The summed E-state index contributed by atoms with van der Waals surface area (Å²) in [4.78, 5) is 0. The van der Waals surface area contributed by atoms with Crippen LogP contribution in [0, 0.1) is 25.2 Å². The zero-order valence-electron chi connectivity index (χ0n) is 11.0. The maximum atomic E-state index is 9.13. The van der Waals surface area contributed by atoms with Crippen LogP contribution in [0.3, 0.4) is 0 Å². The van der Waals surface area contributed by atoms with E-state index in [1.54, 1.807) is 6.07 Å². The summed E-state index contributed by atoms with van der Waals surface area (Å²) in [5.74, 6) is 0.797. The molecule has 1 atom stereocenters. The van der Waals surface area contributed by atoms with E-state index in [4.69, 9.17) is 9.78 Å². The normalized spacial score (nSPS) is 11.9. The third kappa shape index (κ3) is 2.79. The zero-order valence-corrected chi connectivity index (χ0v) is 12.6. The molecule has 1 heterocycles. The Bertz CT molecular complexity index is 623. The van der Waals surface area contributed by atoms with Gasteiger partial charge in [-0.3, -0.25) is 0 Å². The molecule has 98 valence electrons. The van der Waals surface area contributed by atoms with E-state index in [1.165, 1.54) is 0 Å². The van der Waals surface area contributed by atoms with Crippen LogP contribution in [0.25, 0.3) is 0 Å². The predicted molar refractivity (Wildman–Crippen MR) is 76.9 cm³/mol. The van der Waals surface area contributed by atoms with Crippen molar-refractivity contribution in [3.63, 3.8) is 0 Å². The van der Waals surface area contributed by atoms with Crippen molar-refractivity contribution in [2.45, 2.75) is 26.8 Å². The Morgan fingerprint density at radius 2 is 2.16 bits per heavy atom. The van der Waals surface area contributed by atoms with Gasteiger partial charge in [0.25, 0.3) is 0 Å². The van der Waals surface area contributed by atoms with Crippen molar-refractivity contribution in [1.29, 1.82) is 5.26 Å². The van der Waals surface area contributed by atoms with Crippen molar-refractivity contribution in [3.05, 3.63) is 45.3 Å². The summed E-state index contributed by atoms with van der Waals surface area (Å²) in [7, 11) is 0. The lowest BCUT2D eigenvalue weighted by Crippen LogP contribution is -2.09. The lowest BCUT2D eigenvalue weighted by molar-refractivity contribution is 0.392. The minimum Gasteiger partial charge on any atom is -0.377 e. The molecule has 0 fully saturated rings. The first-order valence-corrected chi connectivity index (χ1v) is 6.71. The van der Waals surface area contributed by atoms with E-state index in [9.17, 15) is 0 Å². The lowest BCUT2D eigenvalue weighted by Gasteiger charge is -2.16. The van der Waals surface area contributed by atoms with Gasteiger partial charge in [0.05, 0.1) is 23.0 Å². The number of aromatic nitrogens is 1. The minimum absolute atomic E-state index is 0.0210. The fourth-order valence-corrected chi connectivity index (χ4v) is 2.51. The fraction of sp³-hybridized carbons (Fsp3) is 0.286. The number of hydrogen-bond donors (Lipinski definition) is 1. The summed E-state index contributed by atoms with van der Waals surface area (Å²) in [5.41, 5.74) is 3.31. The Balaban J connectivity index is 2.32. The molecular formula is C14H14BrN3O. The molecule has 1 aromatic carbocycles. The van der Waals surface area contributed by atoms with Crippen LogP contribution in [-0.2, 0) is 0 Å². The standard InChI is InChI=1S/C14H14BrN3O/c1-8(14-9(2)18-19-10(14)3)17-13-6-12(15)5-4-11(13)7-16/h4-6,8,17H,1-3H3. The Morgan fingerprint density at radius 1 is 1.42 bits per heavy atom. The summed E-state index contributed by atoms with van der Waals surface area (Å²) < 4.78 is 6.10. The quantitative estimate of drug-likeness (QED) is 0.925. The molecule has 0 saturated carbocycles. The predicted octanol–water partition coefficient (Wildman–Crippen LogP) is 4.10. The summed E-state index contributed by atoms with van der Waals surface area (Å²) in [6, 6.07) is 7.73. The number of anilines is 1. The Morgan fingerprint density at radius 3 is 2.74 bits per heavy atom. The van der Waals surface area contributed by atoms with Crippen LogP contribution in [0.5, 0.6) is 0 Å². The largest absolute Gasteiger partial charge is 0.377 e. The number of rotatable bonds is 3. The summed E-state index contributed by atoms with van der Waals surface area (Å²) in [5, 5.41) is 16.4. The molecular weight excluding hydrogens is 306 g/mol. The van der Waals surface area contributed by atoms with Gasteiger partial charge in [-0.2, -0.15) is 5.26 Å². The summed E-state index contributed by atoms with van der Waals surface area (Å²) >= 11 is 3.41. The molecule has 0 aliphatic carbocycles. The van der Waals surface area contributed by atoms with Gasteiger partial charge < -0.3 is 9.84 Å². The highest BCUT2D eigenvalue weighted by Gasteiger charge is 2.17. The van der Waals surface area contributed by atoms with Crippen molar-refractivity contribution >= 4 is 21.6 Å². The highest BCUT2D eigenvalue weighted by molar-refractivity contribution is 9.10. The van der Waals surface area contributed by atoms with Gasteiger partial charge in [0.1, 0.15) is 11.8 Å².